The van der Waals surface area contributed by atoms with Crippen molar-refractivity contribution in [3.63, 3.8) is 0 Å². The summed E-state index contributed by atoms with van der Waals surface area (Å²) >= 11 is 0. The van der Waals surface area contributed by atoms with Gasteiger partial charge in [-0.25, -0.2) is 4.98 Å². The number of ether oxygens (including phenoxy) is 1. The lowest BCUT2D eigenvalue weighted by atomic mass is 10.4. The van der Waals surface area contributed by atoms with Crippen LogP contribution < -0.4 is 5.32 Å². The van der Waals surface area contributed by atoms with E-state index in [1.54, 1.807) is 6.33 Å². The molecule has 108 valence electrons. The molecule has 1 aliphatic rings. The summed E-state index contributed by atoms with van der Waals surface area (Å²) in [6, 6.07) is 0.640. The molecule has 0 aromatic carbocycles. The second kappa shape index (κ2) is 6.38. The van der Waals surface area contributed by atoms with E-state index < -0.39 is 12.8 Å². The average molecular weight is 277 g/mol. The quantitative estimate of drug-likeness (QED) is 0.740. The molecule has 4 nitrogen and oxygen atoms in total. The monoisotopic (exact) mass is 277 g/mol. The fourth-order valence-corrected chi connectivity index (χ4v) is 1.69. The normalized spacial score (nSPS) is 15.9. The van der Waals surface area contributed by atoms with Crippen molar-refractivity contribution in [1.29, 1.82) is 0 Å². The fourth-order valence-electron chi connectivity index (χ4n) is 1.69. The van der Waals surface area contributed by atoms with Crippen LogP contribution in [0.15, 0.2) is 12.5 Å². The van der Waals surface area contributed by atoms with Crippen LogP contribution in [0.1, 0.15) is 25.0 Å². The average Bonchev–Trinajstić information content (AvgIpc) is 3.05. The molecule has 0 bridgehead atoms. The first-order valence-corrected chi connectivity index (χ1v) is 6.41. The van der Waals surface area contributed by atoms with Crippen LogP contribution in [0.25, 0.3) is 0 Å². The van der Waals surface area contributed by atoms with Gasteiger partial charge in [0.2, 0.25) is 0 Å². The van der Waals surface area contributed by atoms with Crippen molar-refractivity contribution in [2.45, 2.75) is 44.6 Å². The van der Waals surface area contributed by atoms with Gasteiger partial charge in [-0.05, 0) is 19.3 Å². The van der Waals surface area contributed by atoms with Gasteiger partial charge in [-0.2, -0.15) is 13.2 Å². The zero-order chi connectivity index (χ0) is 13.7. The van der Waals surface area contributed by atoms with Gasteiger partial charge in [-0.3, -0.25) is 0 Å². The zero-order valence-electron chi connectivity index (χ0n) is 10.6. The Morgan fingerprint density at radius 3 is 2.89 bits per heavy atom. The topological polar surface area (TPSA) is 39.1 Å². The Hall–Kier alpha value is -1.08. The van der Waals surface area contributed by atoms with Gasteiger partial charge in [0.05, 0.1) is 12.0 Å². The molecule has 0 spiro atoms. The van der Waals surface area contributed by atoms with E-state index in [4.69, 9.17) is 0 Å². The van der Waals surface area contributed by atoms with E-state index in [0.717, 1.165) is 12.2 Å². The highest BCUT2D eigenvalue weighted by atomic mass is 19.4. The summed E-state index contributed by atoms with van der Waals surface area (Å²) in [6.07, 6.45) is 2.39. The SMILES string of the molecule is FC(F)(F)COCCCn1cnc(CNC2CC2)c1. The van der Waals surface area contributed by atoms with Gasteiger partial charge in [0.15, 0.2) is 0 Å². The number of nitrogens with zero attached hydrogens (tertiary/aromatic N) is 2. The van der Waals surface area contributed by atoms with Crippen LogP contribution in [-0.2, 0) is 17.8 Å². The largest absolute Gasteiger partial charge is 0.411 e. The Morgan fingerprint density at radius 1 is 1.42 bits per heavy atom. The molecule has 0 radical (unpaired) electrons. The standard InChI is InChI=1S/C12H18F3N3O/c13-12(14,15)8-19-5-1-4-18-7-11(17-9-18)6-16-10-2-3-10/h7,9-10,16H,1-6,8H2. The van der Waals surface area contributed by atoms with Crippen LogP contribution in [0.4, 0.5) is 13.2 Å². The van der Waals surface area contributed by atoms with Gasteiger partial charge in [-0.15, -0.1) is 0 Å². The van der Waals surface area contributed by atoms with E-state index in [1.807, 2.05) is 10.8 Å². The maximum atomic E-state index is 11.8. The third-order valence-electron chi connectivity index (χ3n) is 2.81. The molecule has 1 N–H and O–H groups in total. The third kappa shape index (κ3) is 6.07. The Labute approximate surface area is 110 Å². The number of alkyl halides is 3. The van der Waals surface area contributed by atoms with Gasteiger partial charge in [-0.1, -0.05) is 0 Å². The van der Waals surface area contributed by atoms with Gasteiger partial charge in [0.1, 0.15) is 6.61 Å². The molecule has 19 heavy (non-hydrogen) atoms. The van der Waals surface area contributed by atoms with Crippen LogP contribution >= 0.6 is 0 Å². The number of aromatic nitrogens is 2. The number of hydrogen-bond acceptors (Lipinski definition) is 3. The predicted molar refractivity (Wildman–Crippen MR) is 63.6 cm³/mol. The van der Waals surface area contributed by atoms with E-state index in [9.17, 15) is 13.2 Å². The van der Waals surface area contributed by atoms with E-state index in [2.05, 4.69) is 15.0 Å². The van der Waals surface area contributed by atoms with E-state index in [1.165, 1.54) is 12.8 Å². The maximum absolute atomic E-state index is 11.8. The van der Waals surface area contributed by atoms with Gasteiger partial charge < -0.3 is 14.6 Å². The molecule has 1 heterocycles. The minimum absolute atomic E-state index is 0.105. The summed E-state index contributed by atoms with van der Waals surface area (Å²) in [5, 5.41) is 3.35. The fraction of sp³-hybridized carbons (Fsp3) is 0.750. The van der Waals surface area contributed by atoms with Crippen molar-refractivity contribution in [1.82, 2.24) is 14.9 Å². The van der Waals surface area contributed by atoms with Crippen molar-refractivity contribution in [2.75, 3.05) is 13.2 Å². The van der Waals surface area contributed by atoms with Crippen molar-refractivity contribution >= 4 is 0 Å². The summed E-state index contributed by atoms with van der Waals surface area (Å²) in [5.74, 6) is 0. The highest BCUT2D eigenvalue weighted by Gasteiger charge is 2.27. The van der Waals surface area contributed by atoms with Gasteiger partial charge in [0.25, 0.3) is 0 Å². The molecule has 1 aromatic rings. The number of imidazole rings is 1. The Kier molecular flexibility index (Phi) is 4.81. The third-order valence-corrected chi connectivity index (χ3v) is 2.81. The molecule has 1 aromatic heterocycles. The smallest absolute Gasteiger partial charge is 0.372 e. The molecule has 2 rings (SSSR count). The zero-order valence-corrected chi connectivity index (χ0v) is 10.6. The number of hydrogen-bond donors (Lipinski definition) is 1. The number of aryl methyl sites for hydroxylation is 1. The molecular formula is C12H18F3N3O. The highest BCUT2D eigenvalue weighted by Crippen LogP contribution is 2.19. The number of rotatable bonds is 8. The first kappa shape index (κ1) is 14.3. The molecule has 7 heteroatoms. The molecule has 0 saturated heterocycles. The van der Waals surface area contributed by atoms with Crippen LogP contribution in [0, 0.1) is 0 Å². The summed E-state index contributed by atoms with van der Waals surface area (Å²) in [4.78, 5) is 4.23. The Balaban J connectivity index is 1.57. The van der Waals surface area contributed by atoms with E-state index in [0.29, 0.717) is 19.0 Å². The molecule has 1 saturated carbocycles. The van der Waals surface area contributed by atoms with Crippen molar-refractivity contribution in [3.05, 3.63) is 18.2 Å². The van der Waals surface area contributed by atoms with Crippen LogP contribution in [0.2, 0.25) is 0 Å². The van der Waals surface area contributed by atoms with Crippen molar-refractivity contribution in [3.8, 4) is 0 Å². The lowest BCUT2D eigenvalue weighted by Crippen LogP contribution is -2.17. The summed E-state index contributed by atoms with van der Waals surface area (Å²) in [6.45, 7) is 0.303. The summed E-state index contributed by atoms with van der Waals surface area (Å²) in [5.41, 5.74) is 0.961. The van der Waals surface area contributed by atoms with Crippen LogP contribution in [-0.4, -0.2) is 35.0 Å². The lowest BCUT2D eigenvalue weighted by molar-refractivity contribution is -0.174. The molecular weight excluding hydrogens is 259 g/mol. The molecule has 0 amide bonds. The molecule has 1 aliphatic carbocycles. The number of nitrogens with one attached hydrogen (secondary N) is 1. The maximum Gasteiger partial charge on any atom is 0.411 e. The minimum Gasteiger partial charge on any atom is -0.372 e. The second-order valence-electron chi connectivity index (χ2n) is 4.78. The second-order valence-corrected chi connectivity index (χ2v) is 4.78. The van der Waals surface area contributed by atoms with Crippen LogP contribution in [0.3, 0.4) is 0 Å². The van der Waals surface area contributed by atoms with E-state index in [-0.39, 0.29) is 6.61 Å². The summed E-state index contributed by atoms with van der Waals surface area (Å²) in [7, 11) is 0. The summed E-state index contributed by atoms with van der Waals surface area (Å²) < 4.78 is 41.9. The van der Waals surface area contributed by atoms with Crippen molar-refractivity contribution < 1.29 is 17.9 Å². The molecule has 0 unspecified atom stereocenters. The van der Waals surface area contributed by atoms with Gasteiger partial charge in [0, 0.05) is 31.9 Å². The highest BCUT2D eigenvalue weighted by molar-refractivity contribution is 4.97. The molecule has 0 atom stereocenters. The molecule has 0 aliphatic heterocycles. The van der Waals surface area contributed by atoms with E-state index >= 15 is 0 Å². The van der Waals surface area contributed by atoms with Crippen LogP contribution in [0.5, 0.6) is 0 Å². The Bertz CT molecular complexity index is 388. The number of halogens is 3. The first-order chi connectivity index (χ1) is 9.03. The lowest BCUT2D eigenvalue weighted by Gasteiger charge is -2.07. The van der Waals surface area contributed by atoms with Gasteiger partial charge >= 0.3 is 6.18 Å². The van der Waals surface area contributed by atoms with Crippen molar-refractivity contribution in [2.24, 2.45) is 0 Å². The predicted octanol–water partition coefficient (Wildman–Crippen LogP) is 2.10. The minimum atomic E-state index is -4.24. The first-order valence-electron chi connectivity index (χ1n) is 6.41. The molecule has 1 fully saturated rings. The Morgan fingerprint density at radius 2 is 2.21 bits per heavy atom.